The maximum absolute atomic E-state index is 10.9. The van der Waals surface area contributed by atoms with E-state index in [1.165, 1.54) is 0 Å². The maximum Gasteiger partial charge on any atom is 0.249 e. The molecule has 1 aliphatic rings. The zero-order chi connectivity index (χ0) is 7.40. The molecular weight excluding hydrogens is 132 g/mol. The smallest absolute Gasteiger partial charge is 0.249 e. The molecule has 0 aromatic heterocycles. The van der Waals surface area contributed by atoms with Crippen molar-refractivity contribution in [2.75, 3.05) is 19.7 Å². The van der Waals surface area contributed by atoms with Gasteiger partial charge < -0.3 is 5.32 Å². The van der Waals surface area contributed by atoms with Crippen molar-refractivity contribution in [3.63, 3.8) is 0 Å². The summed E-state index contributed by atoms with van der Waals surface area (Å²) in [4.78, 5) is 15.6. The molecule has 0 aromatic rings. The molecule has 2 N–H and O–H groups in total. The molecule has 0 atom stereocenters. The molecule has 1 rings (SSSR count). The SMILES string of the molecule is CCONC(=O)C1CNC1. The van der Waals surface area contributed by atoms with E-state index < -0.39 is 0 Å². The van der Waals surface area contributed by atoms with E-state index in [1.54, 1.807) is 0 Å². The number of rotatable bonds is 3. The van der Waals surface area contributed by atoms with E-state index in [1.807, 2.05) is 6.92 Å². The van der Waals surface area contributed by atoms with E-state index in [2.05, 4.69) is 10.8 Å². The van der Waals surface area contributed by atoms with Gasteiger partial charge >= 0.3 is 0 Å². The van der Waals surface area contributed by atoms with E-state index in [9.17, 15) is 4.79 Å². The number of hydrogen-bond donors (Lipinski definition) is 2. The lowest BCUT2D eigenvalue weighted by molar-refractivity contribution is -0.138. The minimum absolute atomic E-state index is 0.0133. The second-order valence-electron chi connectivity index (χ2n) is 2.25. The summed E-state index contributed by atoms with van der Waals surface area (Å²) in [6.07, 6.45) is 0. The van der Waals surface area contributed by atoms with Crippen LogP contribution in [-0.4, -0.2) is 25.6 Å². The molecule has 1 amide bonds. The number of carbonyl (C=O) groups is 1. The number of hydrogen-bond acceptors (Lipinski definition) is 3. The second kappa shape index (κ2) is 3.53. The first kappa shape index (κ1) is 7.50. The average molecular weight is 144 g/mol. The van der Waals surface area contributed by atoms with Gasteiger partial charge in [-0.05, 0) is 6.92 Å². The fraction of sp³-hybridized carbons (Fsp3) is 0.833. The van der Waals surface area contributed by atoms with Gasteiger partial charge in [0.05, 0.1) is 12.5 Å². The van der Waals surface area contributed by atoms with Crippen molar-refractivity contribution in [1.82, 2.24) is 10.8 Å². The summed E-state index contributed by atoms with van der Waals surface area (Å²) in [6.45, 7) is 3.91. The average Bonchev–Trinajstić information content (AvgIpc) is 1.79. The lowest BCUT2D eigenvalue weighted by atomic mass is 10.0. The van der Waals surface area contributed by atoms with Crippen molar-refractivity contribution >= 4 is 5.91 Å². The summed E-state index contributed by atoms with van der Waals surface area (Å²) in [5.41, 5.74) is 2.36. The number of carbonyl (C=O) groups excluding carboxylic acids is 1. The van der Waals surface area contributed by atoms with Crippen molar-refractivity contribution in [3.8, 4) is 0 Å². The Bertz CT molecular complexity index is 123. The van der Waals surface area contributed by atoms with Gasteiger partial charge in [-0.15, -0.1) is 0 Å². The highest BCUT2D eigenvalue weighted by Crippen LogP contribution is 2.01. The summed E-state index contributed by atoms with van der Waals surface area (Å²) in [5, 5.41) is 3.00. The fourth-order valence-corrected chi connectivity index (χ4v) is 0.701. The summed E-state index contributed by atoms with van der Waals surface area (Å²) in [6, 6.07) is 0. The highest BCUT2D eigenvalue weighted by molar-refractivity contribution is 5.78. The number of amides is 1. The van der Waals surface area contributed by atoms with Crippen LogP contribution in [0.4, 0.5) is 0 Å². The molecule has 4 nitrogen and oxygen atoms in total. The van der Waals surface area contributed by atoms with Gasteiger partial charge in [-0.3, -0.25) is 9.63 Å². The van der Waals surface area contributed by atoms with Crippen LogP contribution >= 0.6 is 0 Å². The van der Waals surface area contributed by atoms with Crippen molar-refractivity contribution in [1.29, 1.82) is 0 Å². The third kappa shape index (κ3) is 1.68. The predicted molar refractivity (Wildman–Crippen MR) is 36.1 cm³/mol. The van der Waals surface area contributed by atoms with Gasteiger partial charge in [0.1, 0.15) is 0 Å². The Labute approximate surface area is 59.9 Å². The Hall–Kier alpha value is -0.610. The Kier molecular flexibility index (Phi) is 2.65. The number of hydroxylamine groups is 1. The highest BCUT2D eigenvalue weighted by Gasteiger charge is 2.24. The first-order chi connectivity index (χ1) is 4.84. The summed E-state index contributed by atoms with van der Waals surface area (Å²) in [5.74, 6) is 0.104. The third-order valence-corrected chi connectivity index (χ3v) is 1.47. The highest BCUT2D eigenvalue weighted by atomic mass is 16.6. The van der Waals surface area contributed by atoms with E-state index in [-0.39, 0.29) is 11.8 Å². The summed E-state index contributed by atoms with van der Waals surface area (Å²) < 4.78 is 0. The van der Waals surface area contributed by atoms with Crippen molar-refractivity contribution in [2.45, 2.75) is 6.92 Å². The van der Waals surface area contributed by atoms with Crippen LogP contribution in [-0.2, 0) is 9.63 Å². The van der Waals surface area contributed by atoms with Crippen LogP contribution in [0.5, 0.6) is 0 Å². The Morgan fingerprint density at radius 2 is 2.50 bits per heavy atom. The maximum atomic E-state index is 10.9. The molecule has 1 heterocycles. The normalized spacial score (nSPS) is 18.1. The Morgan fingerprint density at radius 1 is 1.80 bits per heavy atom. The van der Waals surface area contributed by atoms with Crippen LogP contribution < -0.4 is 10.8 Å². The monoisotopic (exact) mass is 144 g/mol. The zero-order valence-electron chi connectivity index (χ0n) is 6.02. The van der Waals surface area contributed by atoms with Gasteiger partial charge in [0.25, 0.3) is 0 Å². The fourth-order valence-electron chi connectivity index (χ4n) is 0.701. The van der Waals surface area contributed by atoms with Gasteiger partial charge in [-0.1, -0.05) is 0 Å². The molecule has 0 unspecified atom stereocenters. The van der Waals surface area contributed by atoms with Gasteiger partial charge in [0.2, 0.25) is 5.91 Å². The first-order valence-corrected chi connectivity index (χ1v) is 3.47. The number of nitrogens with one attached hydrogen (secondary N) is 2. The van der Waals surface area contributed by atoms with Crippen LogP contribution in [0.3, 0.4) is 0 Å². The predicted octanol–water partition coefficient (Wildman–Crippen LogP) is -0.726. The molecule has 0 radical (unpaired) electrons. The third-order valence-electron chi connectivity index (χ3n) is 1.47. The van der Waals surface area contributed by atoms with Crippen molar-refractivity contribution in [3.05, 3.63) is 0 Å². The zero-order valence-corrected chi connectivity index (χ0v) is 6.02. The van der Waals surface area contributed by atoms with Crippen LogP contribution in [0.2, 0.25) is 0 Å². The lowest BCUT2D eigenvalue weighted by Crippen LogP contribution is -2.50. The Morgan fingerprint density at radius 3 is 2.90 bits per heavy atom. The molecule has 0 spiro atoms. The molecule has 0 aliphatic carbocycles. The molecule has 0 bridgehead atoms. The topological polar surface area (TPSA) is 50.4 Å². The Balaban J connectivity index is 2.08. The van der Waals surface area contributed by atoms with Gasteiger partial charge in [-0.2, -0.15) is 0 Å². The van der Waals surface area contributed by atoms with Gasteiger partial charge in [0.15, 0.2) is 0 Å². The molecule has 10 heavy (non-hydrogen) atoms. The van der Waals surface area contributed by atoms with E-state index >= 15 is 0 Å². The van der Waals surface area contributed by atoms with Crippen molar-refractivity contribution < 1.29 is 9.63 Å². The summed E-state index contributed by atoms with van der Waals surface area (Å²) >= 11 is 0. The first-order valence-electron chi connectivity index (χ1n) is 3.47. The quantitative estimate of drug-likeness (QED) is 0.514. The minimum Gasteiger partial charge on any atom is -0.315 e. The molecule has 1 fully saturated rings. The van der Waals surface area contributed by atoms with Gasteiger partial charge in [-0.25, -0.2) is 5.48 Å². The van der Waals surface area contributed by atoms with Crippen LogP contribution in [0.15, 0.2) is 0 Å². The standard InChI is InChI=1S/C6H12N2O2/c1-2-10-8-6(9)5-3-7-4-5/h5,7H,2-4H2,1H3,(H,8,9). The molecule has 58 valence electrons. The molecule has 1 saturated heterocycles. The van der Waals surface area contributed by atoms with Crippen LogP contribution in [0, 0.1) is 5.92 Å². The van der Waals surface area contributed by atoms with Crippen LogP contribution in [0.25, 0.3) is 0 Å². The van der Waals surface area contributed by atoms with Gasteiger partial charge in [0, 0.05) is 13.1 Å². The second-order valence-corrected chi connectivity index (χ2v) is 2.25. The summed E-state index contributed by atoms with van der Waals surface area (Å²) in [7, 11) is 0. The van der Waals surface area contributed by atoms with E-state index in [0.717, 1.165) is 13.1 Å². The molecule has 0 saturated carbocycles. The molecular formula is C6H12N2O2. The molecule has 4 heteroatoms. The molecule has 0 aromatic carbocycles. The van der Waals surface area contributed by atoms with Crippen molar-refractivity contribution in [2.24, 2.45) is 5.92 Å². The van der Waals surface area contributed by atoms with E-state index in [0.29, 0.717) is 6.61 Å². The minimum atomic E-state index is -0.0133. The van der Waals surface area contributed by atoms with E-state index in [4.69, 9.17) is 4.84 Å². The largest absolute Gasteiger partial charge is 0.315 e. The van der Waals surface area contributed by atoms with Crippen LogP contribution in [0.1, 0.15) is 6.92 Å². The lowest BCUT2D eigenvalue weighted by Gasteiger charge is -2.25. The molecule has 1 aliphatic heterocycles.